The molecule has 6 heterocycles. The number of carbonyl (C=O) groups is 2. The summed E-state index contributed by atoms with van der Waals surface area (Å²) < 4.78 is 13.4. The highest BCUT2D eigenvalue weighted by molar-refractivity contribution is 6.06. The van der Waals surface area contributed by atoms with Gasteiger partial charge in [0.25, 0.3) is 11.8 Å². The summed E-state index contributed by atoms with van der Waals surface area (Å²) in [6.45, 7) is 15.4. The minimum absolute atomic E-state index is 0.135. The first-order valence-electron chi connectivity index (χ1n) is 19.5. The summed E-state index contributed by atoms with van der Waals surface area (Å²) in [4.78, 5) is 47.3. The third kappa shape index (κ3) is 7.12. The number of pyridine rings is 1. The number of anilines is 5. The molecule has 0 saturated carbocycles. The van der Waals surface area contributed by atoms with Crippen LogP contribution in [-0.4, -0.2) is 99.9 Å². The van der Waals surface area contributed by atoms with E-state index in [1.54, 1.807) is 23.4 Å². The van der Waals surface area contributed by atoms with Crippen LogP contribution in [-0.2, 0) is 35.5 Å². The van der Waals surface area contributed by atoms with Crippen LogP contribution in [0.2, 0.25) is 0 Å². The number of aromatic nitrogens is 4. The lowest BCUT2D eigenvalue weighted by molar-refractivity contribution is -0.111. The summed E-state index contributed by atoms with van der Waals surface area (Å²) in [6, 6.07) is 10.4. The van der Waals surface area contributed by atoms with E-state index < -0.39 is 0 Å². The first-order valence-corrected chi connectivity index (χ1v) is 19.5. The van der Waals surface area contributed by atoms with Crippen molar-refractivity contribution in [1.29, 1.82) is 0 Å². The summed E-state index contributed by atoms with van der Waals surface area (Å²) in [5.74, 6) is 0.550. The first kappa shape index (κ1) is 37.6. The molecule has 0 spiro atoms. The molecule has 2 fully saturated rings. The van der Waals surface area contributed by atoms with Crippen molar-refractivity contribution >= 4 is 40.5 Å². The Morgan fingerprint density at radius 2 is 1.93 bits per heavy atom. The second-order valence-electron chi connectivity index (χ2n) is 16.0. The Hall–Kier alpha value is -5.31. The van der Waals surface area contributed by atoms with E-state index in [-0.39, 0.29) is 35.8 Å². The van der Waals surface area contributed by atoms with Crippen LogP contribution in [0.15, 0.2) is 55.4 Å². The van der Waals surface area contributed by atoms with Crippen LogP contribution >= 0.6 is 0 Å². The number of benzene rings is 1. The number of aliphatic hydroxyl groups is 1. The van der Waals surface area contributed by atoms with Gasteiger partial charge in [-0.05, 0) is 80.0 Å². The summed E-state index contributed by atoms with van der Waals surface area (Å²) >= 11 is 0. The van der Waals surface area contributed by atoms with Crippen LogP contribution in [0, 0.1) is 5.41 Å². The molecule has 1 aliphatic carbocycles. The highest BCUT2D eigenvalue weighted by Crippen LogP contribution is 2.41. The number of nitrogens with zero attached hydrogens (tertiary/aromatic N) is 7. The zero-order chi connectivity index (χ0) is 39.1. The molecule has 8 rings (SSSR count). The molecule has 294 valence electrons. The van der Waals surface area contributed by atoms with Gasteiger partial charge < -0.3 is 34.7 Å². The first-order chi connectivity index (χ1) is 27.1. The maximum absolute atomic E-state index is 14.0. The molecule has 0 radical (unpaired) electrons. The van der Waals surface area contributed by atoms with Gasteiger partial charge in [-0.3, -0.25) is 19.4 Å². The van der Waals surface area contributed by atoms with Crippen molar-refractivity contribution in [2.24, 2.45) is 5.41 Å². The number of piperazine rings is 1. The van der Waals surface area contributed by atoms with E-state index in [9.17, 15) is 14.7 Å². The molecule has 3 aliphatic heterocycles. The molecule has 1 atom stereocenters. The molecule has 0 bridgehead atoms. The van der Waals surface area contributed by atoms with Crippen molar-refractivity contribution in [1.82, 2.24) is 24.4 Å². The van der Waals surface area contributed by atoms with Crippen LogP contribution in [0.4, 0.5) is 28.7 Å². The lowest BCUT2D eigenvalue weighted by Crippen LogP contribution is -2.56. The summed E-state index contributed by atoms with van der Waals surface area (Å²) in [5, 5.41) is 17.1. The maximum Gasteiger partial charge on any atom is 0.276 e. The third-order valence-electron chi connectivity index (χ3n) is 11.7. The molecule has 2 amide bonds. The zero-order valence-electron chi connectivity index (χ0n) is 32.7. The summed E-state index contributed by atoms with van der Waals surface area (Å²) in [6.07, 6.45) is 8.47. The van der Waals surface area contributed by atoms with Crippen molar-refractivity contribution in [2.75, 3.05) is 66.9 Å². The number of methoxy groups -OCH3 is 1. The van der Waals surface area contributed by atoms with Crippen molar-refractivity contribution in [3.8, 4) is 17.1 Å². The predicted molar refractivity (Wildman–Crippen MR) is 216 cm³/mol. The number of amides is 2. The molecule has 0 unspecified atom stereocenters. The molecule has 56 heavy (non-hydrogen) atoms. The quantitative estimate of drug-likeness (QED) is 0.184. The van der Waals surface area contributed by atoms with Crippen molar-refractivity contribution in [3.05, 3.63) is 77.9 Å². The van der Waals surface area contributed by atoms with E-state index in [1.165, 1.54) is 24.4 Å². The number of hydrogen-bond donors (Lipinski definition) is 3. The number of aliphatic hydroxyl groups excluding tert-OH is 1. The van der Waals surface area contributed by atoms with Gasteiger partial charge in [0.15, 0.2) is 5.82 Å². The Labute approximate surface area is 327 Å². The Morgan fingerprint density at radius 3 is 2.68 bits per heavy atom. The molecular weight excluding hydrogens is 711 g/mol. The number of fused-ring (bicyclic) bond motifs is 3. The second kappa shape index (κ2) is 15.3. The monoisotopic (exact) mass is 761 g/mol. The second-order valence-corrected chi connectivity index (χ2v) is 16.0. The van der Waals surface area contributed by atoms with E-state index in [2.05, 4.69) is 62.3 Å². The van der Waals surface area contributed by atoms with Gasteiger partial charge in [-0.1, -0.05) is 20.4 Å². The van der Waals surface area contributed by atoms with Crippen LogP contribution in [0.25, 0.3) is 11.3 Å². The van der Waals surface area contributed by atoms with Gasteiger partial charge in [0.05, 0.1) is 37.0 Å². The van der Waals surface area contributed by atoms with Gasteiger partial charge >= 0.3 is 0 Å². The van der Waals surface area contributed by atoms with Crippen molar-refractivity contribution < 1.29 is 24.2 Å². The van der Waals surface area contributed by atoms with Gasteiger partial charge in [0.2, 0.25) is 5.91 Å². The molecule has 1 aromatic carbocycles. The van der Waals surface area contributed by atoms with Gasteiger partial charge in [0, 0.05) is 86.7 Å². The zero-order valence-corrected chi connectivity index (χ0v) is 32.7. The maximum atomic E-state index is 14.0. The smallest absolute Gasteiger partial charge is 0.276 e. The summed E-state index contributed by atoms with van der Waals surface area (Å²) in [7, 11) is 1.52. The Bertz CT molecular complexity index is 2160. The van der Waals surface area contributed by atoms with E-state index in [1.807, 2.05) is 24.3 Å². The fourth-order valence-electron chi connectivity index (χ4n) is 8.97. The fourth-order valence-corrected chi connectivity index (χ4v) is 8.97. The number of carbonyl (C=O) groups excluding carboxylic acids is 2. The lowest BCUT2D eigenvalue weighted by Gasteiger charge is -2.45. The number of hydrogen-bond acceptors (Lipinski definition) is 11. The van der Waals surface area contributed by atoms with Crippen LogP contribution in [0.1, 0.15) is 60.9 Å². The molecule has 14 nitrogen and oxygen atoms in total. The Balaban J connectivity index is 1.06. The van der Waals surface area contributed by atoms with Gasteiger partial charge in [-0.15, -0.1) is 0 Å². The van der Waals surface area contributed by atoms with E-state index in [0.717, 1.165) is 64.2 Å². The van der Waals surface area contributed by atoms with Gasteiger partial charge in [0.1, 0.15) is 11.5 Å². The SMILES string of the molecule is C=CC(=O)Nc1cc(Nc2nc(-c3ccnc(N4CCn5c(cc6c5CC(C)(C)C6)C4=O)c3CO)cnc2OC)ccc1N1CCN(C2CCOCC2)C[C@@H]1C. The minimum atomic E-state index is -0.361. The van der Waals surface area contributed by atoms with E-state index in [0.29, 0.717) is 64.7 Å². The third-order valence-corrected chi connectivity index (χ3v) is 11.7. The average molecular weight is 762 g/mol. The van der Waals surface area contributed by atoms with Gasteiger partial charge in [-0.2, -0.15) is 0 Å². The van der Waals surface area contributed by atoms with Crippen LogP contribution in [0.5, 0.6) is 5.88 Å². The highest BCUT2D eigenvalue weighted by Gasteiger charge is 2.38. The van der Waals surface area contributed by atoms with Crippen molar-refractivity contribution in [2.45, 2.75) is 71.7 Å². The van der Waals surface area contributed by atoms with E-state index >= 15 is 0 Å². The molecular formula is C42H51N9O5. The predicted octanol–water partition coefficient (Wildman–Crippen LogP) is 5.18. The largest absolute Gasteiger partial charge is 0.478 e. The Morgan fingerprint density at radius 1 is 1.11 bits per heavy atom. The van der Waals surface area contributed by atoms with E-state index in [4.69, 9.17) is 14.5 Å². The number of nitrogens with one attached hydrogen (secondary N) is 2. The highest BCUT2D eigenvalue weighted by atomic mass is 16.5. The number of rotatable bonds is 10. The average Bonchev–Trinajstić information content (AvgIpc) is 3.70. The molecule has 14 heteroatoms. The number of ether oxygens (including phenoxy) is 2. The minimum Gasteiger partial charge on any atom is -0.478 e. The molecule has 4 aliphatic rings. The Kier molecular flexibility index (Phi) is 10.3. The fraction of sp³-hybridized carbons (Fsp3) is 0.452. The topological polar surface area (TPSA) is 150 Å². The van der Waals surface area contributed by atoms with Crippen LogP contribution in [0.3, 0.4) is 0 Å². The normalized spacial score (nSPS) is 19.7. The van der Waals surface area contributed by atoms with Gasteiger partial charge in [-0.25, -0.2) is 15.0 Å². The molecule has 2 saturated heterocycles. The van der Waals surface area contributed by atoms with Crippen LogP contribution < -0.4 is 25.2 Å². The van der Waals surface area contributed by atoms with Crippen molar-refractivity contribution in [3.63, 3.8) is 0 Å². The molecule has 3 aromatic heterocycles. The lowest BCUT2D eigenvalue weighted by atomic mass is 9.90. The standard InChI is InChI=1S/C42H51N9O5/c1-6-37(53)46-32-20-28(7-8-34(32)49-14-13-48(24-26(49)2)29-10-17-56-18-11-29)45-38-40(55-5)44-23-33(47-38)30-9-12-43-39(31(30)25-52)51-16-15-50-35(41(51)54)19-27-21-42(3,4)22-36(27)50/h6-9,12,19-20,23,26,29,52H,1,10-11,13-18,21-22,24-25H2,2-5H3,(H,45,47)(H,46,53)/t26-/m0/s1. The molecule has 4 aromatic rings. The molecule has 3 N–H and O–H groups in total. The summed E-state index contributed by atoms with van der Waals surface area (Å²) in [5.41, 5.74) is 7.08.